The van der Waals surface area contributed by atoms with E-state index in [0.29, 0.717) is 22.0 Å². The molecule has 0 saturated heterocycles. The number of nitrogens with zero attached hydrogens (tertiary/aromatic N) is 3. The maximum Gasteiger partial charge on any atom is 0.294 e. The number of anilines is 1. The molecule has 1 aliphatic heterocycles. The van der Waals surface area contributed by atoms with E-state index in [0.717, 1.165) is 17.0 Å². The molecule has 4 rings (SSSR count). The van der Waals surface area contributed by atoms with E-state index in [1.807, 2.05) is 31.2 Å². The summed E-state index contributed by atoms with van der Waals surface area (Å²) in [7, 11) is 0. The van der Waals surface area contributed by atoms with Gasteiger partial charge in [-0.25, -0.2) is 4.98 Å². The van der Waals surface area contributed by atoms with Crippen LogP contribution in [0, 0.1) is 13.8 Å². The SMILES string of the molecule is CCc1ccc(N2C(=O)C(O)=C(C(=O)c3sc(C)nc3C)C2c2ccccn2)cc1. The first-order valence-electron chi connectivity index (χ1n) is 9.67. The quantitative estimate of drug-likeness (QED) is 0.616. The number of amides is 1. The Bertz CT molecular complexity index is 1150. The molecule has 0 fully saturated rings. The topological polar surface area (TPSA) is 83.4 Å². The minimum absolute atomic E-state index is 0.0324. The molecule has 0 aliphatic carbocycles. The number of hydrogen-bond donors (Lipinski definition) is 1. The molecule has 2 aromatic heterocycles. The number of hydrogen-bond acceptors (Lipinski definition) is 6. The molecular formula is C23H21N3O3S. The van der Waals surface area contributed by atoms with Gasteiger partial charge < -0.3 is 5.11 Å². The molecule has 0 spiro atoms. The molecule has 0 saturated carbocycles. The van der Waals surface area contributed by atoms with Crippen molar-refractivity contribution in [1.29, 1.82) is 0 Å². The zero-order valence-corrected chi connectivity index (χ0v) is 17.7. The molecule has 3 aromatic rings. The van der Waals surface area contributed by atoms with Gasteiger partial charge in [0, 0.05) is 11.9 Å². The van der Waals surface area contributed by atoms with Gasteiger partial charge >= 0.3 is 0 Å². The standard InChI is InChI=1S/C23H21N3O3S/c1-4-15-8-10-16(11-9-15)26-19(17-7-5-6-12-24-17)18(21(28)23(26)29)20(27)22-13(2)25-14(3)30-22/h5-12,19,28H,4H2,1-3H3. The molecule has 0 bridgehead atoms. The zero-order valence-electron chi connectivity index (χ0n) is 16.9. The average Bonchev–Trinajstić information content (AvgIpc) is 3.24. The smallest absolute Gasteiger partial charge is 0.294 e. The van der Waals surface area contributed by atoms with Crippen molar-refractivity contribution < 1.29 is 14.7 Å². The fourth-order valence-corrected chi connectivity index (χ4v) is 4.55. The van der Waals surface area contributed by atoms with Crippen LogP contribution in [-0.4, -0.2) is 26.8 Å². The van der Waals surface area contributed by atoms with Crippen LogP contribution in [0.4, 0.5) is 5.69 Å². The number of thiazole rings is 1. The van der Waals surface area contributed by atoms with Crippen LogP contribution >= 0.6 is 11.3 Å². The lowest BCUT2D eigenvalue weighted by molar-refractivity contribution is -0.117. The van der Waals surface area contributed by atoms with Crippen molar-refractivity contribution in [3.05, 3.63) is 86.8 Å². The monoisotopic (exact) mass is 419 g/mol. The van der Waals surface area contributed by atoms with Gasteiger partial charge in [0.05, 0.1) is 26.8 Å². The molecule has 30 heavy (non-hydrogen) atoms. The molecular weight excluding hydrogens is 398 g/mol. The third kappa shape index (κ3) is 3.31. The van der Waals surface area contributed by atoms with E-state index < -0.39 is 23.5 Å². The van der Waals surface area contributed by atoms with Crippen LogP contribution in [-0.2, 0) is 11.2 Å². The molecule has 152 valence electrons. The Hall–Kier alpha value is -3.32. The van der Waals surface area contributed by atoms with E-state index in [1.54, 1.807) is 31.3 Å². The van der Waals surface area contributed by atoms with Crippen LogP contribution in [0.3, 0.4) is 0 Å². The second-order valence-corrected chi connectivity index (χ2v) is 8.29. The van der Waals surface area contributed by atoms with Gasteiger partial charge in [-0.1, -0.05) is 25.1 Å². The Balaban J connectivity index is 1.86. The van der Waals surface area contributed by atoms with Crippen molar-refractivity contribution in [2.24, 2.45) is 0 Å². The maximum atomic E-state index is 13.4. The number of aryl methyl sites for hydroxylation is 3. The van der Waals surface area contributed by atoms with Crippen LogP contribution in [0.1, 0.15) is 44.6 Å². The minimum atomic E-state index is -0.819. The van der Waals surface area contributed by atoms with E-state index in [4.69, 9.17) is 0 Å². The summed E-state index contributed by atoms with van der Waals surface area (Å²) < 4.78 is 0. The Kier molecular flexibility index (Phi) is 5.22. The fourth-order valence-electron chi connectivity index (χ4n) is 3.68. The first-order valence-corrected chi connectivity index (χ1v) is 10.5. The first-order chi connectivity index (χ1) is 14.4. The van der Waals surface area contributed by atoms with Crippen LogP contribution in [0.25, 0.3) is 0 Å². The Labute approximate surface area is 178 Å². The molecule has 1 N–H and O–H groups in total. The lowest BCUT2D eigenvalue weighted by atomic mass is 9.98. The maximum absolute atomic E-state index is 13.4. The number of Topliss-reactive ketones (excluding diaryl/α,β-unsaturated/α-hetero) is 1. The Morgan fingerprint density at radius 3 is 2.47 bits per heavy atom. The van der Waals surface area contributed by atoms with E-state index in [-0.39, 0.29) is 5.57 Å². The number of rotatable bonds is 5. The van der Waals surface area contributed by atoms with Crippen molar-refractivity contribution in [3.8, 4) is 0 Å². The van der Waals surface area contributed by atoms with Crippen molar-refractivity contribution >= 4 is 28.7 Å². The van der Waals surface area contributed by atoms with E-state index in [1.165, 1.54) is 16.2 Å². The molecule has 0 radical (unpaired) electrons. The second-order valence-electron chi connectivity index (χ2n) is 7.09. The summed E-state index contributed by atoms with van der Waals surface area (Å²) in [4.78, 5) is 37.1. The largest absolute Gasteiger partial charge is 0.503 e. The number of pyridine rings is 1. The highest BCUT2D eigenvalue weighted by atomic mass is 32.1. The number of aliphatic hydroxyl groups excluding tert-OH is 1. The third-order valence-corrected chi connectivity index (χ3v) is 6.22. The molecule has 1 amide bonds. The van der Waals surface area contributed by atoms with Gasteiger partial charge in [-0.3, -0.25) is 19.5 Å². The number of aliphatic hydroxyl groups is 1. The van der Waals surface area contributed by atoms with E-state index in [9.17, 15) is 14.7 Å². The molecule has 7 heteroatoms. The van der Waals surface area contributed by atoms with Crippen molar-refractivity contribution in [2.75, 3.05) is 4.90 Å². The summed E-state index contributed by atoms with van der Waals surface area (Å²) in [6.07, 6.45) is 2.48. The molecule has 1 aliphatic rings. The summed E-state index contributed by atoms with van der Waals surface area (Å²) in [5.74, 6) is -1.55. The predicted molar refractivity (Wildman–Crippen MR) is 116 cm³/mol. The van der Waals surface area contributed by atoms with Crippen molar-refractivity contribution in [3.63, 3.8) is 0 Å². The first kappa shape index (κ1) is 20.0. The van der Waals surface area contributed by atoms with Gasteiger partial charge in [0.15, 0.2) is 5.76 Å². The molecule has 1 atom stereocenters. The summed E-state index contributed by atoms with van der Waals surface area (Å²) >= 11 is 1.26. The number of aromatic nitrogens is 2. The minimum Gasteiger partial charge on any atom is -0.503 e. The van der Waals surface area contributed by atoms with Gasteiger partial charge in [-0.15, -0.1) is 11.3 Å². The van der Waals surface area contributed by atoms with Crippen molar-refractivity contribution in [1.82, 2.24) is 9.97 Å². The summed E-state index contributed by atoms with van der Waals surface area (Å²) in [6.45, 7) is 5.62. The average molecular weight is 420 g/mol. The third-order valence-electron chi connectivity index (χ3n) is 5.15. The van der Waals surface area contributed by atoms with Gasteiger partial charge in [0.25, 0.3) is 5.91 Å². The van der Waals surface area contributed by atoms with Crippen molar-refractivity contribution in [2.45, 2.75) is 33.2 Å². The Morgan fingerprint density at radius 1 is 1.17 bits per heavy atom. The van der Waals surface area contributed by atoms with E-state index >= 15 is 0 Å². The highest BCUT2D eigenvalue weighted by molar-refractivity contribution is 7.14. The molecule has 1 unspecified atom stereocenters. The molecule has 3 heterocycles. The van der Waals surface area contributed by atoms with Crippen LogP contribution in [0.5, 0.6) is 0 Å². The molecule has 1 aromatic carbocycles. The van der Waals surface area contributed by atoms with E-state index in [2.05, 4.69) is 16.9 Å². The summed E-state index contributed by atoms with van der Waals surface area (Å²) in [5.41, 5.74) is 2.85. The number of ketones is 1. The molecule has 6 nitrogen and oxygen atoms in total. The number of benzene rings is 1. The van der Waals surface area contributed by atoms with Gasteiger partial charge in [0.2, 0.25) is 5.78 Å². The number of carbonyl (C=O) groups excluding carboxylic acids is 2. The van der Waals surface area contributed by atoms with Crippen LogP contribution < -0.4 is 4.90 Å². The zero-order chi connectivity index (χ0) is 21.4. The summed E-state index contributed by atoms with van der Waals surface area (Å²) in [5, 5.41) is 11.5. The number of carbonyl (C=O) groups is 2. The lowest BCUT2D eigenvalue weighted by Crippen LogP contribution is -2.31. The van der Waals surface area contributed by atoms with Gasteiger partial charge in [0.1, 0.15) is 6.04 Å². The van der Waals surface area contributed by atoms with Gasteiger partial charge in [-0.2, -0.15) is 0 Å². The van der Waals surface area contributed by atoms with Crippen LogP contribution in [0.2, 0.25) is 0 Å². The Morgan fingerprint density at radius 2 is 1.90 bits per heavy atom. The van der Waals surface area contributed by atoms with Gasteiger partial charge in [-0.05, 0) is 50.1 Å². The lowest BCUT2D eigenvalue weighted by Gasteiger charge is -2.26. The van der Waals surface area contributed by atoms with Crippen LogP contribution in [0.15, 0.2) is 60.0 Å². The highest BCUT2D eigenvalue weighted by Crippen LogP contribution is 2.42. The second kappa shape index (κ2) is 7.84. The predicted octanol–water partition coefficient (Wildman–Crippen LogP) is 4.50. The highest BCUT2D eigenvalue weighted by Gasteiger charge is 2.45. The fraction of sp³-hybridized carbons (Fsp3) is 0.217. The summed E-state index contributed by atoms with van der Waals surface area (Å²) in [6, 6.07) is 12.0. The normalized spacial score (nSPS) is 16.4.